The minimum atomic E-state index is -0.0937. The van der Waals surface area contributed by atoms with Gasteiger partial charge in [0.25, 0.3) is 5.91 Å². The molecule has 1 aliphatic heterocycles. The number of carbonyl (C=O) groups is 1. The van der Waals surface area contributed by atoms with Gasteiger partial charge in [0.05, 0.1) is 5.69 Å². The van der Waals surface area contributed by atoms with E-state index >= 15 is 0 Å². The molecule has 0 bridgehead atoms. The molecule has 1 saturated heterocycles. The standard InChI is InChI=1S/C22H32N4O/c1-16(2)21(25-12-10-17(3)11-13-25)15-23-22(27)20-14-18(4)26(24-20)19-8-6-5-7-9-19/h5-9,14,16-17,21H,10-13,15H2,1-4H3,(H,23,27). The first-order valence-electron chi connectivity index (χ1n) is 10.1. The van der Waals surface area contributed by atoms with Crippen LogP contribution in [0.15, 0.2) is 36.4 Å². The lowest BCUT2D eigenvalue weighted by Crippen LogP contribution is -2.49. The summed E-state index contributed by atoms with van der Waals surface area (Å²) < 4.78 is 1.82. The van der Waals surface area contributed by atoms with Crippen LogP contribution in [-0.4, -0.2) is 46.3 Å². The van der Waals surface area contributed by atoms with Crippen LogP contribution in [0.2, 0.25) is 0 Å². The second-order valence-electron chi connectivity index (χ2n) is 8.16. The molecule has 0 aliphatic carbocycles. The highest BCUT2D eigenvalue weighted by Crippen LogP contribution is 2.21. The molecule has 1 unspecified atom stereocenters. The second kappa shape index (κ2) is 8.70. The lowest BCUT2D eigenvalue weighted by Gasteiger charge is -2.38. The molecule has 2 heterocycles. The summed E-state index contributed by atoms with van der Waals surface area (Å²) in [6.07, 6.45) is 2.50. The Balaban J connectivity index is 1.64. The van der Waals surface area contributed by atoms with Gasteiger partial charge < -0.3 is 5.32 Å². The number of hydrogen-bond acceptors (Lipinski definition) is 3. The summed E-state index contributed by atoms with van der Waals surface area (Å²) in [4.78, 5) is 15.2. The Hall–Kier alpha value is -2.14. The van der Waals surface area contributed by atoms with Gasteiger partial charge in [-0.25, -0.2) is 4.68 Å². The summed E-state index contributed by atoms with van der Waals surface area (Å²) in [7, 11) is 0. The Bertz CT molecular complexity index is 745. The highest BCUT2D eigenvalue weighted by atomic mass is 16.1. The molecule has 1 aliphatic rings. The van der Waals surface area contributed by atoms with Gasteiger partial charge in [-0.05, 0) is 62.9 Å². The summed E-state index contributed by atoms with van der Waals surface area (Å²) in [5.41, 5.74) is 2.40. The van der Waals surface area contributed by atoms with E-state index in [4.69, 9.17) is 0 Å². The number of nitrogens with zero attached hydrogens (tertiary/aromatic N) is 3. The number of likely N-dealkylation sites (tertiary alicyclic amines) is 1. The molecule has 0 spiro atoms. The summed E-state index contributed by atoms with van der Waals surface area (Å²) in [5.74, 6) is 1.22. The molecule has 5 nitrogen and oxygen atoms in total. The van der Waals surface area contributed by atoms with Gasteiger partial charge in [0.2, 0.25) is 0 Å². The third-order valence-corrected chi connectivity index (χ3v) is 5.65. The zero-order valence-corrected chi connectivity index (χ0v) is 17.0. The molecule has 5 heteroatoms. The lowest BCUT2D eigenvalue weighted by molar-refractivity contribution is 0.0858. The zero-order valence-electron chi connectivity index (χ0n) is 17.0. The van der Waals surface area contributed by atoms with Crippen LogP contribution in [-0.2, 0) is 0 Å². The van der Waals surface area contributed by atoms with E-state index in [1.807, 2.05) is 48.0 Å². The maximum absolute atomic E-state index is 12.7. The minimum Gasteiger partial charge on any atom is -0.349 e. The van der Waals surface area contributed by atoms with E-state index in [1.165, 1.54) is 12.8 Å². The Labute approximate surface area is 162 Å². The van der Waals surface area contributed by atoms with E-state index in [9.17, 15) is 4.79 Å². The molecular weight excluding hydrogens is 336 g/mol. The number of hydrogen-bond donors (Lipinski definition) is 1. The molecule has 0 radical (unpaired) electrons. The van der Waals surface area contributed by atoms with Gasteiger partial charge in [-0.3, -0.25) is 9.69 Å². The van der Waals surface area contributed by atoms with Crippen molar-refractivity contribution < 1.29 is 4.79 Å². The van der Waals surface area contributed by atoms with Crippen LogP contribution in [0.5, 0.6) is 0 Å². The first kappa shape index (κ1) is 19.6. The van der Waals surface area contributed by atoms with Crippen LogP contribution in [0.1, 0.15) is 49.8 Å². The fourth-order valence-electron chi connectivity index (χ4n) is 3.85. The predicted molar refractivity (Wildman–Crippen MR) is 109 cm³/mol. The Morgan fingerprint density at radius 2 is 1.89 bits per heavy atom. The molecule has 1 atom stereocenters. The molecule has 1 amide bonds. The molecule has 0 saturated carbocycles. The van der Waals surface area contributed by atoms with Crippen LogP contribution >= 0.6 is 0 Å². The van der Waals surface area contributed by atoms with Gasteiger partial charge >= 0.3 is 0 Å². The number of rotatable bonds is 6. The summed E-state index contributed by atoms with van der Waals surface area (Å²) in [5, 5.41) is 7.64. The third-order valence-electron chi connectivity index (χ3n) is 5.65. The van der Waals surface area contributed by atoms with Crippen molar-refractivity contribution in [1.82, 2.24) is 20.0 Å². The number of aromatic nitrogens is 2. The molecule has 27 heavy (non-hydrogen) atoms. The van der Waals surface area contributed by atoms with E-state index < -0.39 is 0 Å². The molecular formula is C22H32N4O. The van der Waals surface area contributed by atoms with Crippen LogP contribution in [0.25, 0.3) is 5.69 Å². The largest absolute Gasteiger partial charge is 0.349 e. The van der Waals surface area contributed by atoms with Gasteiger partial charge in [0.1, 0.15) is 0 Å². The quantitative estimate of drug-likeness (QED) is 0.846. The molecule has 1 fully saturated rings. The van der Waals surface area contributed by atoms with Crippen LogP contribution in [0.4, 0.5) is 0 Å². The normalized spacial score (nSPS) is 17.2. The van der Waals surface area contributed by atoms with E-state index in [1.54, 1.807) is 0 Å². The molecule has 146 valence electrons. The Morgan fingerprint density at radius 3 is 2.52 bits per heavy atom. The van der Waals surface area contributed by atoms with Gasteiger partial charge in [-0.1, -0.05) is 39.0 Å². The van der Waals surface area contributed by atoms with Crippen LogP contribution in [0.3, 0.4) is 0 Å². The van der Waals surface area contributed by atoms with Gasteiger partial charge in [-0.2, -0.15) is 5.10 Å². The maximum atomic E-state index is 12.7. The third kappa shape index (κ3) is 4.78. The highest BCUT2D eigenvalue weighted by molar-refractivity contribution is 5.92. The number of carbonyl (C=O) groups excluding carboxylic acids is 1. The number of piperidine rings is 1. The maximum Gasteiger partial charge on any atom is 0.271 e. The van der Waals surface area contributed by atoms with Crippen molar-refractivity contribution in [3.63, 3.8) is 0 Å². The fourth-order valence-corrected chi connectivity index (χ4v) is 3.85. The molecule has 1 N–H and O–H groups in total. The summed E-state index contributed by atoms with van der Waals surface area (Å²) >= 11 is 0. The fraction of sp³-hybridized carbons (Fsp3) is 0.545. The number of para-hydroxylation sites is 1. The SMILES string of the molecule is Cc1cc(C(=O)NCC(C(C)C)N2CCC(C)CC2)nn1-c1ccccc1. The summed E-state index contributed by atoms with van der Waals surface area (Å²) in [6, 6.07) is 12.1. The number of aryl methyl sites for hydroxylation is 1. The van der Waals surface area contributed by atoms with Crippen molar-refractivity contribution >= 4 is 5.91 Å². The van der Waals surface area contributed by atoms with Gasteiger partial charge in [0, 0.05) is 18.3 Å². The van der Waals surface area contributed by atoms with E-state index in [2.05, 4.69) is 36.1 Å². The number of amides is 1. The van der Waals surface area contributed by atoms with Crippen LogP contribution < -0.4 is 5.32 Å². The number of benzene rings is 1. The van der Waals surface area contributed by atoms with Crippen molar-refractivity contribution in [3.05, 3.63) is 47.8 Å². The average Bonchev–Trinajstić information content (AvgIpc) is 3.05. The number of nitrogens with one attached hydrogen (secondary N) is 1. The van der Waals surface area contributed by atoms with Crippen molar-refractivity contribution in [2.75, 3.05) is 19.6 Å². The van der Waals surface area contributed by atoms with Crippen molar-refractivity contribution in [2.45, 2.75) is 46.6 Å². The van der Waals surface area contributed by atoms with Gasteiger partial charge in [0.15, 0.2) is 5.69 Å². The van der Waals surface area contributed by atoms with E-state index in [0.29, 0.717) is 24.2 Å². The van der Waals surface area contributed by atoms with Crippen molar-refractivity contribution in [2.24, 2.45) is 11.8 Å². The Kier molecular flexibility index (Phi) is 6.32. The highest BCUT2D eigenvalue weighted by Gasteiger charge is 2.26. The molecule has 1 aromatic carbocycles. The van der Waals surface area contributed by atoms with E-state index in [-0.39, 0.29) is 5.91 Å². The van der Waals surface area contributed by atoms with E-state index in [0.717, 1.165) is 30.4 Å². The predicted octanol–water partition coefficient (Wildman–Crippen LogP) is 3.67. The molecule has 3 rings (SSSR count). The first-order chi connectivity index (χ1) is 13.0. The lowest BCUT2D eigenvalue weighted by atomic mass is 9.94. The average molecular weight is 369 g/mol. The summed E-state index contributed by atoms with van der Waals surface area (Å²) in [6.45, 7) is 11.7. The first-order valence-corrected chi connectivity index (χ1v) is 10.1. The minimum absolute atomic E-state index is 0.0937. The van der Waals surface area contributed by atoms with Gasteiger partial charge in [-0.15, -0.1) is 0 Å². The van der Waals surface area contributed by atoms with Crippen molar-refractivity contribution in [1.29, 1.82) is 0 Å². The smallest absolute Gasteiger partial charge is 0.271 e. The topological polar surface area (TPSA) is 50.2 Å². The monoisotopic (exact) mass is 368 g/mol. The Morgan fingerprint density at radius 1 is 1.22 bits per heavy atom. The second-order valence-corrected chi connectivity index (χ2v) is 8.16. The zero-order chi connectivity index (χ0) is 19.4. The molecule has 2 aromatic rings. The van der Waals surface area contributed by atoms with Crippen molar-refractivity contribution in [3.8, 4) is 5.69 Å². The molecule has 1 aromatic heterocycles. The van der Waals surface area contributed by atoms with Crippen LogP contribution in [0, 0.1) is 18.8 Å².